The van der Waals surface area contributed by atoms with Crippen molar-refractivity contribution < 1.29 is 9.53 Å². The number of H-pyrrole nitrogens is 1. The molecule has 0 atom stereocenters. The zero-order valence-electron chi connectivity index (χ0n) is 12.1. The Kier molecular flexibility index (Phi) is 4.77. The Balaban J connectivity index is 1.94. The van der Waals surface area contributed by atoms with Gasteiger partial charge >= 0.3 is 0 Å². The normalized spacial score (nSPS) is 10.2. The van der Waals surface area contributed by atoms with E-state index in [0.29, 0.717) is 12.2 Å². The Hall–Kier alpha value is -2.56. The van der Waals surface area contributed by atoms with E-state index >= 15 is 0 Å². The number of ether oxygens (including phenoxy) is 1. The molecule has 5 nitrogen and oxygen atoms in total. The predicted molar refractivity (Wildman–Crippen MR) is 80.2 cm³/mol. The van der Waals surface area contributed by atoms with Crippen molar-refractivity contribution in [2.75, 3.05) is 13.7 Å². The van der Waals surface area contributed by atoms with Gasteiger partial charge in [0.1, 0.15) is 0 Å². The maximum Gasteiger partial charge on any atom is 0.260 e. The van der Waals surface area contributed by atoms with Crippen molar-refractivity contribution in [3.63, 3.8) is 0 Å². The third kappa shape index (κ3) is 3.95. The van der Waals surface area contributed by atoms with Crippen molar-refractivity contribution in [1.82, 2.24) is 9.88 Å². The summed E-state index contributed by atoms with van der Waals surface area (Å²) in [6.45, 7) is 2.08. The molecule has 0 saturated heterocycles. The molecule has 5 heteroatoms. The number of nitrogens with one attached hydrogen (secondary N) is 1. The van der Waals surface area contributed by atoms with Crippen LogP contribution < -0.4 is 10.2 Å². The fraction of sp³-hybridized carbons (Fsp3) is 0.250. The second-order valence-electron chi connectivity index (χ2n) is 4.82. The van der Waals surface area contributed by atoms with E-state index in [-0.39, 0.29) is 23.7 Å². The largest absolute Gasteiger partial charge is 0.478 e. The smallest absolute Gasteiger partial charge is 0.260 e. The van der Waals surface area contributed by atoms with Crippen LogP contribution >= 0.6 is 0 Å². The molecule has 2 aromatic rings. The molecule has 1 amide bonds. The van der Waals surface area contributed by atoms with E-state index in [1.807, 2.05) is 30.3 Å². The number of carbonyl (C=O) groups excluding carboxylic acids is 1. The number of aromatic nitrogens is 1. The van der Waals surface area contributed by atoms with Gasteiger partial charge in [0.05, 0.1) is 5.69 Å². The molecule has 21 heavy (non-hydrogen) atoms. The Morgan fingerprint density at radius 2 is 1.95 bits per heavy atom. The van der Waals surface area contributed by atoms with Gasteiger partial charge in [0.25, 0.3) is 5.91 Å². The van der Waals surface area contributed by atoms with Gasteiger partial charge in [-0.1, -0.05) is 30.3 Å². The number of pyridine rings is 1. The number of rotatable bonds is 5. The van der Waals surface area contributed by atoms with E-state index in [9.17, 15) is 9.59 Å². The number of hydrogen-bond acceptors (Lipinski definition) is 3. The van der Waals surface area contributed by atoms with E-state index < -0.39 is 0 Å². The molecule has 1 N–H and O–H groups in total. The van der Waals surface area contributed by atoms with Crippen LogP contribution in [0.4, 0.5) is 0 Å². The van der Waals surface area contributed by atoms with Crippen molar-refractivity contribution >= 4 is 5.91 Å². The molecule has 0 aliphatic rings. The first kappa shape index (κ1) is 14.8. The lowest BCUT2D eigenvalue weighted by Crippen LogP contribution is -2.31. The van der Waals surface area contributed by atoms with E-state index in [1.165, 1.54) is 6.07 Å². The number of benzene rings is 1. The molecule has 110 valence electrons. The highest BCUT2D eigenvalue weighted by atomic mass is 16.5. The summed E-state index contributed by atoms with van der Waals surface area (Å²) < 4.78 is 5.35. The molecule has 0 aliphatic heterocycles. The standard InChI is InChI=1S/C16H18N2O3/c1-12-16(14(19)8-9-17-12)21-11-15(20)18(2)10-13-6-4-3-5-7-13/h3-9H,10-11H2,1-2H3,(H,17,19). The van der Waals surface area contributed by atoms with Crippen LogP contribution in [-0.2, 0) is 11.3 Å². The average Bonchev–Trinajstić information content (AvgIpc) is 2.47. The highest BCUT2D eigenvalue weighted by molar-refractivity contribution is 5.77. The number of aromatic amines is 1. The number of hydrogen-bond donors (Lipinski definition) is 1. The summed E-state index contributed by atoms with van der Waals surface area (Å²) in [5.74, 6) is 0.0143. The number of likely N-dealkylation sites (N-methyl/N-ethyl adjacent to an activating group) is 1. The number of carbonyl (C=O) groups is 1. The highest BCUT2D eigenvalue weighted by Crippen LogP contribution is 2.08. The first-order valence-corrected chi connectivity index (χ1v) is 6.67. The lowest BCUT2D eigenvalue weighted by atomic mass is 10.2. The van der Waals surface area contributed by atoms with E-state index in [2.05, 4.69) is 4.98 Å². The fourth-order valence-electron chi connectivity index (χ4n) is 1.94. The topological polar surface area (TPSA) is 62.4 Å². The Morgan fingerprint density at radius 1 is 1.24 bits per heavy atom. The van der Waals surface area contributed by atoms with Crippen molar-refractivity contribution in [2.45, 2.75) is 13.5 Å². The second-order valence-corrected chi connectivity index (χ2v) is 4.82. The molecule has 1 heterocycles. The summed E-state index contributed by atoms with van der Waals surface area (Å²) in [7, 11) is 1.71. The van der Waals surface area contributed by atoms with Gasteiger partial charge < -0.3 is 14.6 Å². The van der Waals surface area contributed by atoms with Crippen molar-refractivity contribution in [3.05, 3.63) is 64.1 Å². The summed E-state index contributed by atoms with van der Waals surface area (Å²) in [5, 5.41) is 0. The number of amides is 1. The number of aryl methyl sites for hydroxylation is 1. The molecule has 0 radical (unpaired) electrons. The lowest BCUT2D eigenvalue weighted by Gasteiger charge is -2.17. The van der Waals surface area contributed by atoms with Crippen LogP contribution in [-0.4, -0.2) is 29.4 Å². The maximum absolute atomic E-state index is 12.0. The molecule has 1 aromatic carbocycles. The minimum Gasteiger partial charge on any atom is -0.478 e. The summed E-state index contributed by atoms with van der Waals surface area (Å²) in [6, 6.07) is 11.1. The summed E-state index contributed by atoms with van der Waals surface area (Å²) >= 11 is 0. The van der Waals surface area contributed by atoms with Gasteiger partial charge in [0.2, 0.25) is 5.43 Å². The van der Waals surface area contributed by atoms with Crippen molar-refractivity contribution in [3.8, 4) is 5.75 Å². The van der Waals surface area contributed by atoms with Crippen molar-refractivity contribution in [2.24, 2.45) is 0 Å². The molecule has 0 unspecified atom stereocenters. The Labute approximate surface area is 123 Å². The van der Waals surface area contributed by atoms with Gasteiger partial charge in [0, 0.05) is 25.9 Å². The first-order valence-electron chi connectivity index (χ1n) is 6.67. The van der Waals surface area contributed by atoms with E-state index in [0.717, 1.165) is 5.56 Å². The Morgan fingerprint density at radius 3 is 2.62 bits per heavy atom. The van der Waals surface area contributed by atoms with Gasteiger partial charge in [-0.25, -0.2) is 0 Å². The minimum absolute atomic E-state index is 0.155. The third-order valence-electron chi connectivity index (χ3n) is 3.13. The fourth-order valence-corrected chi connectivity index (χ4v) is 1.94. The predicted octanol–water partition coefficient (Wildman–Crippen LogP) is 1.72. The average molecular weight is 286 g/mol. The van der Waals surface area contributed by atoms with Gasteiger partial charge in [-0.2, -0.15) is 0 Å². The molecule has 0 fully saturated rings. The maximum atomic E-state index is 12.0. The quantitative estimate of drug-likeness (QED) is 0.910. The van der Waals surface area contributed by atoms with Gasteiger partial charge in [-0.05, 0) is 12.5 Å². The van der Waals surface area contributed by atoms with E-state index in [4.69, 9.17) is 4.74 Å². The van der Waals surface area contributed by atoms with Crippen LogP contribution in [0.1, 0.15) is 11.3 Å². The Bertz CT molecular complexity index is 665. The summed E-state index contributed by atoms with van der Waals surface area (Å²) in [6.07, 6.45) is 1.55. The molecule has 0 spiro atoms. The summed E-state index contributed by atoms with van der Waals surface area (Å²) in [5.41, 5.74) is 1.42. The lowest BCUT2D eigenvalue weighted by molar-refractivity contribution is -0.132. The molecule has 2 rings (SSSR count). The monoisotopic (exact) mass is 286 g/mol. The van der Waals surface area contributed by atoms with Crippen LogP contribution in [0.5, 0.6) is 5.75 Å². The first-order chi connectivity index (χ1) is 10.1. The molecule has 1 aromatic heterocycles. The number of nitrogens with zero attached hydrogens (tertiary/aromatic N) is 1. The van der Waals surface area contributed by atoms with Crippen LogP contribution in [0.2, 0.25) is 0 Å². The second kappa shape index (κ2) is 6.74. The third-order valence-corrected chi connectivity index (χ3v) is 3.13. The van der Waals surface area contributed by atoms with Crippen LogP contribution in [0.25, 0.3) is 0 Å². The van der Waals surface area contributed by atoms with Crippen LogP contribution in [0, 0.1) is 6.92 Å². The van der Waals surface area contributed by atoms with Gasteiger partial charge in [0.15, 0.2) is 12.4 Å². The zero-order chi connectivity index (χ0) is 15.2. The SMILES string of the molecule is Cc1[nH]ccc(=O)c1OCC(=O)N(C)Cc1ccccc1. The molecule has 0 saturated carbocycles. The van der Waals surface area contributed by atoms with Crippen molar-refractivity contribution in [1.29, 1.82) is 0 Å². The zero-order valence-corrected chi connectivity index (χ0v) is 12.1. The minimum atomic E-state index is -0.232. The molecule has 0 bridgehead atoms. The molecular formula is C16H18N2O3. The van der Waals surface area contributed by atoms with Gasteiger partial charge in [-0.3, -0.25) is 9.59 Å². The van der Waals surface area contributed by atoms with Crippen LogP contribution in [0.3, 0.4) is 0 Å². The van der Waals surface area contributed by atoms with Crippen LogP contribution in [0.15, 0.2) is 47.4 Å². The highest BCUT2D eigenvalue weighted by Gasteiger charge is 2.12. The van der Waals surface area contributed by atoms with Gasteiger partial charge in [-0.15, -0.1) is 0 Å². The van der Waals surface area contributed by atoms with E-state index in [1.54, 1.807) is 25.1 Å². The molecular weight excluding hydrogens is 268 g/mol. The summed E-state index contributed by atoms with van der Waals surface area (Å²) in [4.78, 5) is 28.1. The molecule has 0 aliphatic carbocycles.